The summed E-state index contributed by atoms with van der Waals surface area (Å²) in [5.74, 6) is -0.458. The van der Waals surface area contributed by atoms with Gasteiger partial charge in [-0.05, 0) is 66.6 Å². The number of benzene rings is 3. The minimum absolute atomic E-state index is 0.0860. The van der Waals surface area contributed by atoms with E-state index in [1.165, 1.54) is 11.3 Å². The second-order valence-corrected chi connectivity index (χ2v) is 10.3. The number of esters is 1. The van der Waals surface area contributed by atoms with Gasteiger partial charge < -0.3 is 14.8 Å². The lowest BCUT2D eigenvalue weighted by molar-refractivity contribution is -0.112. The number of rotatable bonds is 8. The zero-order chi connectivity index (χ0) is 27.2. The fourth-order valence-electron chi connectivity index (χ4n) is 4.82. The molecule has 0 atom stereocenters. The predicted octanol–water partition coefficient (Wildman–Crippen LogP) is 7.08. The average Bonchev–Trinajstić information content (AvgIpc) is 3.33. The summed E-state index contributed by atoms with van der Waals surface area (Å²) in [5, 5.41) is 15.1. The van der Waals surface area contributed by atoms with E-state index in [9.17, 15) is 14.9 Å². The highest BCUT2D eigenvalue weighted by molar-refractivity contribution is 7.17. The van der Waals surface area contributed by atoms with Crippen molar-refractivity contribution < 1.29 is 19.1 Å². The van der Waals surface area contributed by atoms with Crippen molar-refractivity contribution in [1.29, 1.82) is 5.26 Å². The van der Waals surface area contributed by atoms with Gasteiger partial charge in [0.2, 0.25) is 0 Å². The van der Waals surface area contributed by atoms with Gasteiger partial charge in [-0.25, -0.2) is 4.79 Å². The number of ether oxygens (including phenoxy) is 2. The van der Waals surface area contributed by atoms with Gasteiger partial charge in [-0.15, -0.1) is 11.3 Å². The van der Waals surface area contributed by atoms with Gasteiger partial charge in [-0.1, -0.05) is 60.7 Å². The molecule has 1 heterocycles. The van der Waals surface area contributed by atoms with Crippen LogP contribution in [-0.4, -0.2) is 18.5 Å². The molecule has 0 saturated carbocycles. The van der Waals surface area contributed by atoms with Crippen LogP contribution in [0.4, 0.5) is 5.00 Å². The topological polar surface area (TPSA) is 88.4 Å². The standard InChI is InChI=1S/C32H28N2O4S/c1-2-37-32(36)29-25-14-8-9-15-28(25)39-31(29)34-30(35)23(19-33)18-26-24-13-7-6-12-22(24)16-17-27(26)38-20-21-10-4-3-5-11-21/h3-7,10-13,16-18H,2,8-9,14-15,20H2,1H3,(H,34,35). The van der Waals surface area contributed by atoms with E-state index in [2.05, 4.69) is 11.4 Å². The molecule has 0 radical (unpaired) electrons. The number of carbonyl (C=O) groups is 2. The highest BCUT2D eigenvalue weighted by atomic mass is 32.1. The van der Waals surface area contributed by atoms with E-state index >= 15 is 0 Å². The Morgan fingerprint density at radius 3 is 2.59 bits per heavy atom. The quantitative estimate of drug-likeness (QED) is 0.148. The van der Waals surface area contributed by atoms with Crippen molar-refractivity contribution >= 4 is 45.1 Å². The first-order valence-corrected chi connectivity index (χ1v) is 13.8. The largest absolute Gasteiger partial charge is 0.488 e. The van der Waals surface area contributed by atoms with E-state index in [1.54, 1.807) is 13.0 Å². The molecule has 1 aliphatic rings. The molecule has 0 spiro atoms. The van der Waals surface area contributed by atoms with Crippen molar-refractivity contribution in [2.75, 3.05) is 11.9 Å². The first-order chi connectivity index (χ1) is 19.1. The molecule has 0 unspecified atom stereocenters. The molecule has 0 fully saturated rings. The number of aryl methyl sites for hydroxylation is 1. The number of anilines is 1. The summed E-state index contributed by atoms with van der Waals surface area (Å²) < 4.78 is 11.5. The van der Waals surface area contributed by atoms with Crippen LogP contribution in [0, 0.1) is 11.3 Å². The van der Waals surface area contributed by atoms with E-state index in [-0.39, 0.29) is 12.2 Å². The van der Waals surface area contributed by atoms with Gasteiger partial charge in [-0.3, -0.25) is 4.79 Å². The smallest absolute Gasteiger partial charge is 0.341 e. The molecular weight excluding hydrogens is 508 g/mol. The van der Waals surface area contributed by atoms with Crippen molar-refractivity contribution in [3.05, 3.63) is 99.4 Å². The number of nitrogens with zero attached hydrogens (tertiary/aromatic N) is 1. The number of fused-ring (bicyclic) bond motifs is 2. The Morgan fingerprint density at radius 2 is 1.79 bits per heavy atom. The van der Waals surface area contributed by atoms with Gasteiger partial charge >= 0.3 is 5.97 Å². The highest BCUT2D eigenvalue weighted by Gasteiger charge is 2.28. The molecule has 196 valence electrons. The van der Waals surface area contributed by atoms with Crippen molar-refractivity contribution in [2.24, 2.45) is 0 Å². The number of amides is 1. The fraction of sp³-hybridized carbons (Fsp3) is 0.219. The Morgan fingerprint density at radius 1 is 1.03 bits per heavy atom. The van der Waals surface area contributed by atoms with Crippen molar-refractivity contribution in [3.8, 4) is 11.8 Å². The van der Waals surface area contributed by atoms with Crippen molar-refractivity contribution in [1.82, 2.24) is 0 Å². The van der Waals surface area contributed by atoms with Crippen LogP contribution in [-0.2, 0) is 29.0 Å². The molecule has 0 bridgehead atoms. The first kappa shape index (κ1) is 26.2. The van der Waals surface area contributed by atoms with Gasteiger partial charge in [0, 0.05) is 10.4 Å². The molecule has 1 aromatic heterocycles. The molecule has 4 aromatic rings. The van der Waals surface area contributed by atoms with Gasteiger partial charge in [0.1, 0.15) is 29.0 Å². The summed E-state index contributed by atoms with van der Waals surface area (Å²) in [4.78, 5) is 27.4. The van der Waals surface area contributed by atoms with Crippen LogP contribution < -0.4 is 10.1 Å². The molecule has 3 aromatic carbocycles. The molecule has 6 nitrogen and oxygen atoms in total. The molecule has 0 aliphatic heterocycles. The number of thiophene rings is 1. The SMILES string of the molecule is CCOC(=O)c1c(NC(=O)C(C#N)=Cc2c(OCc3ccccc3)ccc3ccccc23)sc2c1CCCC2. The molecule has 7 heteroatoms. The summed E-state index contributed by atoms with van der Waals surface area (Å²) in [6.07, 6.45) is 5.23. The Hall–Kier alpha value is -4.41. The van der Waals surface area contributed by atoms with E-state index in [1.807, 2.05) is 66.7 Å². The molecule has 0 saturated heterocycles. The van der Waals surface area contributed by atoms with Crippen LogP contribution in [0.3, 0.4) is 0 Å². The number of carbonyl (C=O) groups excluding carboxylic acids is 2. The second kappa shape index (κ2) is 12.0. The van der Waals surface area contributed by atoms with Gasteiger partial charge in [0.05, 0.1) is 12.2 Å². The van der Waals surface area contributed by atoms with Crippen LogP contribution in [0.15, 0.2) is 72.3 Å². The second-order valence-electron chi connectivity index (χ2n) is 9.23. The van der Waals surface area contributed by atoms with E-state index in [0.29, 0.717) is 28.5 Å². The third kappa shape index (κ3) is 5.71. The Kier molecular flexibility index (Phi) is 8.04. The van der Waals surface area contributed by atoms with Crippen LogP contribution >= 0.6 is 11.3 Å². The first-order valence-electron chi connectivity index (χ1n) is 13.0. The Labute approximate surface area is 231 Å². The average molecular weight is 537 g/mol. The number of hydrogen-bond acceptors (Lipinski definition) is 6. The minimum Gasteiger partial charge on any atom is -0.488 e. The number of hydrogen-bond donors (Lipinski definition) is 1. The molecule has 1 aliphatic carbocycles. The number of nitrogens with one attached hydrogen (secondary N) is 1. The summed E-state index contributed by atoms with van der Waals surface area (Å²) in [6.45, 7) is 2.35. The summed E-state index contributed by atoms with van der Waals surface area (Å²) in [7, 11) is 0. The third-order valence-corrected chi connectivity index (χ3v) is 7.91. The van der Waals surface area contributed by atoms with Crippen molar-refractivity contribution in [2.45, 2.75) is 39.2 Å². The zero-order valence-electron chi connectivity index (χ0n) is 21.7. The fourth-order valence-corrected chi connectivity index (χ4v) is 6.09. The van der Waals surface area contributed by atoms with Crippen LogP contribution in [0.25, 0.3) is 16.8 Å². The molecule has 1 N–H and O–H groups in total. The van der Waals surface area contributed by atoms with Crippen LogP contribution in [0.5, 0.6) is 5.75 Å². The van der Waals surface area contributed by atoms with Crippen LogP contribution in [0.2, 0.25) is 0 Å². The van der Waals surface area contributed by atoms with Crippen LogP contribution in [0.1, 0.15) is 51.7 Å². The van der Waals surface area contributed by atoms with Gasteiger partial charge in [0.25, 0.3) is 5.91 Å². The third-order valence-electron chi connectivity index (χ3n) is 6.70. The lowest BCUT2D eigenvalue weighted by Gasteiger charge is -2.13. The maximum absolute atomic E-state index is 13.4. The molecule has 5 rings (SSSR count). The van der Waals surface area contributed by atoms with E-state index in [0.717, 1.165) is 52.5 Å². The van der Waals surface area contributed by atoms with Gasteiger partial charge in [0.15, 0.2) is 0 Å². The minimum atomic E-state index is -0.580. The molecule has 39 heavy (non-hydrogen) atoms. The summed E-state index contributed by atoms with van der Waals surface area (Å²) >= 11 is 1.40. The van der Waals surface area contributed by atoms with E-state index < -0.39 is 11.9 Å². The maximum Gasteiger partial charge on any atom is 0.341 e. The molecular formula is C32H28N2O4S. The lowest BCUT2D eigenvalue weighted by atomic mass is 9.95. The zero-order valence-corrected chi connectivity index (χ0v) is 22.5. The predicted molar refractivity (Wildman–Crippen MR) is 154 cm³/mol. The Bertz CT molecular complexity index is 1600. The normalized spacial score (nSPS) is 12.9. The summed E-state index contributed by atoms with van der Waals surface area (Å²) in [5.41, 5.74) is 2.93. The Balaban J connectivity index is 1.50. The highest BCUT2D eigenvalue weighted by Crippen LogP contribution is 2.39. The van der Waals surface area contributed by atoms with E-state index in [4.69, 9.17) is 9.47 Å². The monoisotopic (exact) mass is 536 g/mol. The maximum atomic E-state index is 13.4. The van der Waals surface area contributed by atoms with Crippen molar-refractivity contribution in [3.63, 3.8) is 0 Å². The lowest BCUT2D eigenvalue weighted by Crippen LogP contribution is -2.16. The summed E-state index contributed by atoms with van der Waals surface area (Å²) in [6, 6.07) is 23.4. The number of nitriles is 1. The van der Waals surface area contributed by atoms with Gasteiger partial charge in [-0.2, -0.15) is 5.26 Å². The molecule has 1 amide bonds.